The van der Waals surface area contributed by atoms with Crippen LogP contribution in [0.15, 0.2) is 18.2 Å². The van der Waals surface area contributed by atoms with Gasteiger partial charge in [0.05, 0.1) is 17.7 Å². The third-order valence-corrected chi connectivity index (χ3v) is 5.47. The number of anilines is 2. The van der Waals surface area contributed by atoms with E-state index < -0.39 is 34.9 Å². The van der Waals surface area contributed by atoms with Crippen LogP contribution in [0.5, 0.6) is 0 Å². The summed E-state index contributed by atoms with van der Waals surface area (Å²) < 4.78 is 20.0. The topological polar surface area (TPSA) is 108 Å². The van der Waals surface area contributed by atoms with Crippen molar-refractivity contribution in [1.29, 1.82) is 0 Å². The molecule has 8 nitrogen and oxygen atoms in total. The summed E-state index contributed by atoms with van der Waals surface area (Å²) in [5.41, 5.74) is -0.887. The quantitative estimate of drug-likeness (QED) is 0.480. The molecule has 31 heavy (non-hydrogen) atoms. The highest BCUT2D eigenvalue weighted by Gasteiger charge is 2.36. The number of nitrogens with one attached hydrogen (secondary N) is 2. The van der Waals surface area contributed by atoms with E-state index in [2.05, 4.69) is 10.6 Å². The molecule has 3 rings (SSSR count). The molecule has 170 valence electrons. The Morgan fingerprint density at radius 2 is 2.00 bits per heavy atom. The summed E-state index contributed by atoms with van der Waals surface area (Å²) in [7, 11) is 0. The number of rotatable bonds is 5. The van der Waals surface area contributed by atoms with E-state index in [-0.39, 0.29) is 24.4 Å². The van der Waals surface area contributed by atoms with Crippen molar-refractivity contribution in [3.8, 4) is 0 Å². The van der Waals surface area contributed by atoms with Crippen molar-refractivity contribution in [3.05, 3.63) is 24.0 Å². The van der Waals surface area contributed by atoms with Crippen LogP contribution in [0.25, 0.3) is 0 Å². The van der Waals surface area contributed by atoms with E-state index >= 15 is 0 Å². The van der Waals surface area contributed by atoms with Gasteiger partial charge in [-0.15, -0.1) is 0 Å². The minimum atomic E-state index is -1.13. The van der Waals surface area contributed by atoms with Crippen LogP contribution in [-0.4, -0.2) is 53.2 Å². The van der Waals surface area contributed by atoms with E-state index in [1.54, 1.807) is 32.9 Å². The van der Waals surface area contributed by atoms with Gasteiger partial charge in [-0.25, -0.2) is 4.39 Å². The number of halogens is 1. The largest absolute Gasteiger partial charge is 0.460 e. The van der Waals surface area contributed by atoms with Gasteiger partial charge in [-0.05, 0) is 58.2 Å². The van der Waals surface area contributed by atoms with Crippen molar-refractivity contribution in [2.75, 3.05) is 23.3 Å². The first kappa shape index (κ1) is 23.0. The van der Waals surface area contributed by atoms with Gasteiger partial charge in [0.25, 0.3) is 0 Å². The second-order valence-electron chi connectivity index (χ2n) is 9.29. The maximum absolute atomic E-state index is 14.6. The van der Waals surface area contributed by atoms with Crippen LogP contribution in [0.4, 0.5) is 15.8 Å². The molecule has 0 spiro atoms. The van der Waals surface area contributed by atoms with Gasteiger partial charge in [0, 0.05) is 25.2 Å². The minimum absolute atomic E-state index is 0.0682. The van der Waals surface area contributed by atoms with E-state index in [0.717, 1.165) is 0 Å². The summed E-state index contributed by atoms with van der Waals surface area (Å²) >= 11 is 0. The number of hydrogen-bond acceptors (Lipinski definition) is 7. The van der Waals surface area contributed by atoms with Gasteiger partial charge in [-0.2, -0.15) is 0 Å². The average Bonchev–Trinajstić information content (AvgIpc) is 2.64. The molecule has 0 aliphatic carbocycles. The molecule has 2 aliphatic rings. The molecule has 2 amide bonds. The first-order chi connectivity index (χ1) is 14.4. The Hall–Kier alpha value is -2.68. The van der Waals surface area contributed by atoms with Crippen molar-refractivity contribution >= 4 is 29.2 Å². The Morgan fingerprint density at radius 1 is 1.32 bits per heavy atom. The fraction of sp³-hybridized carbons (Fsp3) is 0.591. The number of esters is 1. The van der Waals surface area contributed by atoms with Crippen LogP contribution in [0.1, 0.15) is 52.9 Å². The lowest BCUT2D eigenvalue weighted by molar-refractivity contribution is -0.161. The molecule has 2 fully saturated rings. The third-order valence-electron chi connectivity index (χ3n) is 5.47. The van der Waals surface area contributed by atoms with Gasteiger partial charge in [0.2, 0.25) is 11.8 Å². The second-order valence-corrected chi connectivity index (χ2v) is 9.29. The molecule has 2 saturated heterocycles. The number of benzene rings is 1. The number of piperidine rings is 2. The van der Waals surface area contributed by atoms with Crippen molar-refractivity contribution in [3.63, 3.8) is 0 Å². The van der Waals surface area contributed by atoms with Crippen molar-refractivity contribution in [1.82, 2.24) is 5.32 Å². The van der Waals surface area contributed by atoms with E-state index in [1.807, 2.05) is 4.90 Å². The molecule has 1 aromatic rings. The minimum Gasteiger partial charge on any atom is -0.460 e. The Kier molecular flexibility index (Phi) is 6.54. The molecule has 3 N–H and O–H groups in total. The molecular weight excluding hydrogens is 405 g/mol. The highest BCUT2D eigenvalue weighted by atomic mass is 19.1. The first-order valence-corrected chi connectivity index (χ1v) is 10.5. The predicted molar refractivity (Wildman–Crippen MR) is 113 cm³/mol. The Labute approximate surface area is 181 Å². The summed E-state index contributed by atoms with van der Waals surface area (Å²) in [5, 5.41) is 15.8. The van der Waals surface area contributed by atoms with E-state index in [4.69, 9.17) is 4.74 Å². The first-order valence-electron chi connectivity index (χ1n) is 10.5. The molecule has 9 heteroatoms. The molecule has 0 saturated carbocycles. The van der Waals surface area contributed by atoms with E-state index in [9.17, 15) is 23.9 Å². The molecule has 2 aliphatic heterocycles. The van der Waals surface area contributed by atoms with E-state index in [1.165, 1.54) is 6.07 Å². The van der Waals surface area contributed by atoms with Crippen LogP contribution < -0.4 is 15.5 Å². The molecule has 1 unspecified atom stereocenters. The summed E-state index contributed by atoms with van der Waals surface area (Å²) in [6.45, 7) is 6.29. The number of aliphatic hydroxyl groups is 1. The number of carbonyl (C=O) groups is 3. The van der Waals surface area contributed by atoms with Crippen LogP contribution >= 0.6 is 0 Å². The maximum atomic E-state index is 14.6. The molecule has 0 bridgehead atoms. The molecule has 1 atom stereocenters. The lowest BCUT2D eigenvalue weighted by Crippen LogP contribution is -2.47. The highest BCUT2D eigenvalue weighted by molar-refractivity contribution is 6.01. The molecule has 0 aromatic heterocycles. The van der Waals surface area contributed by atoms with Gasteiger partial charge in [0.1, 0.15) is 17.5 Å². The average molecular weight is 435 g/mol. The monoisotopic (exact) mass is 435 g/mol. The smallest absolute Gasteiger partial charge is 0.309 e. The SMILES string of the molecule is CC(C)(C)OC(=O)CC1(O)CCN(c2ccc(NC3CCC(=O)NC3=O)c(F)c2)CC1. The van der Waals surface area contributed by atoms with Gasteiger partial charge in [-0.3, -0.25) is 19.7 Å². The second kappa shape index (κ2) is 8.82. The Morgan fingerprint density at radius 3 is 2.58 bits per heavy atom. The number of ether oxygens (including phenoxy) is 1. The molecule has 1 aromatic carbocycles. The molecular formula is C22H30FN3O5. The Bertz CT molecular complexity index is 859. The normalized spacial score (nSPS) is 21.5. The number of hydrogen-bond donors (Lipinski definition) is 3. The van der Waals surface area contributed by atoms with Gasteiger partial charge in [0.15, 0.2) is 0 Å². The van der Waals surface area contributed by atoms with Crippen LogP contribution in [-0.2, 0) is 19.1 Å². The summed E-state index contributed by atoms with van der Waals surface area (Å²) in [4.78, 5) is 37.1. The predicted octanol–water partition coefficient (Wildman–Crippen LogP) is 2.11. The zero-order valence-electron chi connectivity index (χ0n) is 18.2. The van der Waals surface area contributed by atoms with Gasteiger partial charge in [-0.1, -0.05) is 0 Å². The standard InChI is InChI=1S/C22H30FN3O5/c1-21(2,3)31-19(28)13-22(30)8-10-26(11-9-22)14-4-5-16(15(23)12-14)24-17-6-7-18(27)25-20(17)29/h4-5,12,17,24,30H,6-11,13H2,1-3H3,(H,25,27,29). The number of amides is 2. The zero-order chi connectivity index (χ0) is 22.8. The fourth-order valence-electron chi connectivity index (χ4n) is 3.84. The van der Waals surface area contributed by atoms with E-state index in [0.29, 0.717) is 38.0 Å². The zero-order valence-corrected chi connectivity index (χ0v) is 18.2. The highest BCUT2D eigenvalue weighted by Crippen LogP contribution is 2.31. The fourth-order valence-corrected chi connectivity index (χ4v) is 3.84. The maximum Gasteiger partial charge on any atom is 0.309 e. The Balaban J connectivity index is 1.57. The van der Waals surface area contributed by atoms with Crippen molar-refractivity contribution in [2.45, 2.75) is 70.1 Å². The lowest BCUT2D eigenvalue weighted by atomic mass is 9.88. The lowest BCUT2D eigenvalue weighted by Gasteiger charge is -2.39. The van der Waals surface area contributed by atoms with Crippen LogP contribution in [0.2, 0.25) is 0 Å². The summed E-state index contributed by atoms with van der Waals surface area (Å²) in [5.74, 6) is -1.72. The molecule has 0 radical (unpaired) electrons. The van der Waals surface area contributed by atoms with Crippen molar-refractivity contribution < 1.29 is 28.6 Å². The van der Waals surface area contributed by atoms with Crippen LogP contribution in [0.3, 0.4) is 0 Å². The number of carbonyl (C=O) groups excluding carboxylic acids is 3. The number of nitrogens with zero attached hydrogens (tertiary/aromatic N) is 1. The molecule has 2 heterocycles. The number of imide groups is 1. The third kappa shape index (κ3) is 6.16. The van der Waals surface area contributed by atoms with Crippen LogP contribution in [0, 0.1) is 5.82 Å². The van der Waals surface area contributed by atoms with Gasteiger partial charge >= 0.3 is 5.97 Å². The van der Waals surface area contributed by atoms with Gasteiger partial charge < -0.3 is 20.1 Å². The summed E-state index contributed by atoms with van der Waals surface area (Å²) in [6.07, 6.45) is 1.19. The van der Waals surface area contributed by atoms with Crippen molar-refractivity contribution in [2.24, 2.45) is 0 Å². The summed E-state index contributed by atoms with van der Waals surface area (Å²) in [6, 6.07) is 4.04.